The van der Waals surface area contributed by atoms with E-state index in [9.17, 15) is 13.2 Å². The second kappa shape index (κ2) is 10.4. The molecule has 0 spiro atoms. The summed E-state index contributed by atoms with van der Waals surface area (Å²) in [5.74, 6) is -0.555. The number of alkyl halides is 3. The van der Waals surface area contributed by atoms with Crippen LogP contribution in [0.25, 0.3) is 0 Å². The molecule has 1 aliphatic heterocycles. The van der Waals surface area contributed by atoms with Gasteiger partial charge in [-0.25, -0.2) is 9.78 Å². The highest BCUT2D eigenvalue weighted by atomic mass is 19.4. The molecule has 28 heavy (non-hydrogen) atoms. The summed E-state index contributed by atoms with van der Waals surface area (Å²) in [7, 11) is 0. The zero-order valence-electron chi connectivity index (χ0n) is 15.8. The molecule has 10 heteroatoms. The van der Waals surface area contributed by atoms with Crippen molar-refractivity contribution in [2.75, 3.05) is 18.5 Å². The molecule has 1 aliphatic carbocycles. The van der Waals surface area contributed by atoms with Gasteiger partial charge < -0.3 is 20.5 Å². The normalized spacial score (nSPS) is 23.9. The number of fused-ring (bicyclic) bond motifs is 1. The third-order valence-electron chi connectivity index (χ3n) is 4.78. The number of aliphatic carboxylic acids is 1. The quantitative estimate of drug-likeness (QED) is 0.670. The van der Waals surface area contributed by atoms with Crippen LogP contribution in [-0.2, 0) is 4.79 Å². The summed E-state index contributed by atoms with van der Waals surface area (Å²) in [5.41, 5.74) is 0. The maximum Gasteiger partial charge on any atom is 0.490 e. The van der Waals surface area contributed by atoms with Crippen LogP contribution in [0.2, 0.25) is 0 Å². The molecule has 3 N–H and O–H groups in total. The van der Waals surface area contributed by atoms with E-state index in [1.165, 1.54) is 32.1 Å². The van der Waals surface area contributed by atoms with Gasteiger partial charge in [-0.2, -0.15) is 18.2 Å². The third kappa shape index (κ3) is 7.14. The van der Waals surface area contributed by atoms with E-state index in [0.717, 1.165) is 24.9 Å². The molecule has 0 unspecified atom stereocenters. The summed E-state index contributed by atoms with van der Waals surface area (Å²) in [6, 6.07) is 3.09. The zero-order valence-corrected chi connectivity index (χ0v) is 15.8. The molecule has 2 aliphatic rings. The van der Waals surface area contributed by atoms with Crippen molar-refractivity contribution < 1.29 is 27.8 Å². The van der Waals surface area contributed by atoms with Crippen LogP contribution in [0.1, 0.15) is 45.4 Å². The van der Waals surface area contributed by atoms with E-state index in [-0.39, 0.29) is 0 Å². The first-order valence-corrected chi connectivity index (χ1v) is 9.55. The molecular formula is C18H27F3N4O3. The standard InChI is InChI=1S/C16H26N4O.C2HF3O2/c1-2-9-21-15-7-8-17-16(20-15)18-11-13-10-12-5-3-4-6-14(12)19-13;3-2(4,5)1(6)7/h7-8,12-14,19H,2-6,9-11H2,1H3,(H,17,18,20);(H,6,7)/t12-,13-,14-;/m0./s1. The van der Waals surface area contributed by atoms with Crippen LogP contribution >= 0.6 is 0 Å². The first-order valence-electron chi connectivity index (χ1n) is 9.55. The van der Waals surface area contributed by atoms with E-state index < -0.39 is 12.1 Å². The van der Waals surface area contributed by atoms with Gasteiger partial charge in [0.25, 0.3) is 0 Å². The van der Waals surface area contributed by atoms with Crippen molar-refractivity contribution in [3.63, 3.8) is 0 Å². The van der Waals surface area contributed by atoms with Crippen LogP contribution in [0.3, 0.4) is 0 Å². The second-order valence-corrected chi connectivity index (χ2v) is 7.00. The van der Waals surface area contributed by atoms with Crippen LogP contribution in [0, 0.1) is 5.92 Å². The Hall–Kier alpha value is -2.10. The maximum absolute atomic E-state index is 10.6. The van der Waals surface area contributed by atoms with Crippen molar-refractivity contribution >= 4 is 11.9 Å². The number of rotatable bonds is 6. The predicted molar refractivity (Wildman–Crippen MR) is 97.3 cm³/mol. The van der Waals surface area contributed by atoms with Crippen LogP contribution in [0.4, 0.5) is 19.1 Å². The van der Waals surface area contributed by atoms with Gasteiger partial charge in [-0.05, 0) is 31.6 Å². The Labute approximate surface area is 162 Å². The number of anilines is 1. The number of nitrogens with zero attached hydrogens (tertiary/aromatic N) is 2. The lowest BCUT2D eigenvalue weighted by molar-refractivity contribution is -0.192. The van der Waals surface area contributed by atoms with E-state index in [1.807, 2.05) is 6.07 Å². The van der Waals surface area contributed by atoms with Crippen molar-refractivity contribution in [2.24, 2.45) is 5.92 Å². The van der Waals surface area contributed by atoms with E-state index in [4.69, 9.17) is 14.6 Å². The Morgan fingerprint density at radius 2 is 2.11 bits per heavy atom. The molecule has 3 atom stereocenters. The highest BCUT2D eigenvalue weighted by Gasteiger charge is 2.38. The highest BCUT2D eigenvalue weighted by molar-refractivity contribution is 5.73. The fraction of sp³-hybridized carbons (Fsp3) is 0.722. The lowest BCUT2D eigenvalue weighted by atomic mass is 9.85. The number of hydrogen-bond donors (Lipinski definition) is 3. The van der Waals surface area contributed by atoms with Crippen molar-refractivity contribution in [3.05, 3.63) is 12.3 Å². The van der Waals surface area contributed by atoms with Gasteiger partial charge in [0.15, 0.2) is 0 Å². The van der Waals surface area contributed by atoms with Crippen LogP contribution in [-0.4, -0.2) is 52.5 Å². The first-order chi connectivity index (χ1) is 13.3. The molecule has 0 amide bonds. The number of halogens is 3. The maximum atomic E-state index is 10.6. The van der Waals surface area contributed by atoms with Gasteiger partial charge in [0.2, 0.25) is 11.8 Å². The summed E-state index contributed by atoms with van der Waals surface area (Å²) in [6.45, 7) is 3.68. The van der Waals surface area contributed by atoms with E-state index in [2.05, 4.69) is 27.5 Å². The average molecular weight is 404 g/mol. The minimum Gasteiger partial charge on any atom is -0.478 e. The fourth-order valence-electron chi connectivity index (χ4n) is 3.52. The molecule has 2 heterocycles. The summed E-state index contributed by atoms with van der Waals surface area (Å²) in [6.07, 6.45) is 4.47. The van der Waals surface area contributed by atoms with Crippen molar-refractivity contribution in [1.82, 2.24) is 15.3 Å². The summed E-state index contributed by atoms with van der Waals surface area (Å²) >= 11 is 0. The smallest absolute Gasteiger partial charge is 0.478 e. The minimum atomic E-state index is -5.08. The van der Waals surface area contributed by atoms with E-state index >= 15 is 0 Å². The van der Waals surface area contributed by atoms with Gasteiger partial charge in [0.1, 0.15) is 0 Å². The molecule has 7 nitrogen and oxygen atoms in total. The zero-order chi connectivity index (χ0) is 20.6. The van der Waals surface area contributed by atoms with Gasteiger partial charge in [-0.15, -0.1) is 0 Å². The molecule has 1 aromatic rings. The largest absolute Gasteiger partial charge is 0.490 e. The Morgan fingerprint density at radius 1 is 1.39 bits per heavy atom. The Kier molecular flexibility index (Phi) is 8.28. The van der Waals surface area contributed by atoms with Crippen LogP contribution in [0.15, 0.2) is 12.3 Å². The molecule has 3 rings (SSSR count). The number of hydrogen-bond acceptors (Lipinski definition) is 6. The van der Waals surface area contributed by atoms with Gasteiger partial charge in [-0.1, -0.05) is 19.8 Å². The number of carbonyl (C=O) groups is 1. The van der Waals surface area contributed by atoms with Crippen molar-refractivity contribution in [2.45, 2.75) is 63.7 Å². The lowest BCUT2D eigenvalue weighted by Gasteiger charge is -2.24. The monoisotopic (exact) mass is 404 g/mol. The van der Waals surface area contributed by atoms with Gasteiger partial charge in [0.05, 0.1) is 6.61 Å². The SMILES string of the molecule is CCCOc1ccnc(NC[C@@H]2C[C@@H]3CCCC[C@@H]3N2)n1.O=C(O)C(F)(F)F. The minimum absolute atomic E-state index is 0.543. The van der Waals surface area contributed by atoms with Crippen molar-refractivity contribution in [3.8, 4) is 5.88 Å². The van der Waals surface area contributed by atoms with E-state index in [1.54, 1.807) is 6.20 Å². The molecule has 158 valence electrons. The number of nitrogens with one attached hydrogen (secondary N) is 2. The van der Waals surface area contributed by atoms with Gasteiger partial charge >= 0.3 is 12.1 Å². The number of ether oxygens (including phenoxy) is 1. The first kappa shape index (κ1) is 22.2. The van der Waals surface area contributed by atoms with Gasteiger partial charge in [0, 0.05) is 30.9 Å². The molecular weight excluding hydrogens is 377 g/mol. The summed E-state index contributed by atoms with van der Waals surface area (Å²) in [4.78, 5) is 17.6. The lowest BCUT2D eigenvalue weighted by Crippen LogP contribution is -2.36. The fourth-order valence-corrected chi connectivity index (χ4v) is 3.52. The molecule has 0 bridgehead atoms. The Morgan fingerprint density at radius 3 is 2.75 bits per heavy atom. The van der Waals surface area contributed by atoms with Crippen LogP contribution < -0.4 is 15.4 Å². The molecule has 0 aromatic carbocycles. The average Bonchev–Trinajstić information content (AvgIpc) is 3.08. The van der Waals surface area contributed by atoms with Gasteiger partial charge in [-0.3, -0.25) is 0 Å². The molecule has 1 saturated carbocycles. The predicted octanol–water partition coefficient (Wildman–Crippen LogP) is 3.23. The Balaban J connectivity index is 0.000000345. The van der Waals surface area contributed by atoms with Crippen molar-refractivity contribution in [1.29, 1.82) is 0 Å². The number of carboxylic acid groups (broad SMARTS) is 1. The molecule has 0 radical (unpaired) electrons. The van der Waals surface area contributed by atoms with Crippen LogP contribution in [0.5, 0.6) is 5.88 Å². The Bertz CT molecular complexity index is 616. The molecule has 1 saturated heterocycles. The number of carboxylic acids is 1. The topological polar surface area (TPSA) is 96.4 Å². The number of aromatic nitrogens is 2. The van der Waals surface area contributed by atoms with E-state index in [0.29, 0.717) is 24.5 Å². The molecule has 2 fully saturated rings. The second-order valence-electron chi connectivity index (χ2n) is 7.00. The third-order valence-corrected chi connectivity index (χ3v) is 4.78. The highest BCUT2D eigenvalue weighted by Crippen LogP contribution is 2.33. The summed E-state index contributed by atoms with van der Waals surface area (Å²) in [5, 5.41) is 14.2. The molecule has 1 aromatic heterocycles. The summed E-state index contributed by atoms with van der Waals surface area (Å²) < 4.78 is 37.3.